The van der Waals surface area contributed by atoms with Crippen molar-refractivity contribution in [2.24, 2.45) is 17.3 Å². The van der Waals surface area contributed by atoms with E-state index in [1.54, 1.807) is 11.8 Å². The molecule has 0 aromatic carbocycles. The van der Waals surface area contributed by atoms with Gasteiger partial charge in [-0.25, -0.2) is 4.79 Å². The van der Waals surface area contributed by atoms with E-state index in [-0.39, 0.29) is 60.1 Å². The molecule has 7 nitrogen and oxygen atoms in total. The molecule has 2 heterocycles. The molecule has 0 unspecified atom stereocenters. The monoisotopic (exact) mass is 463 g/mol. The van der Waals surface area contributed by atoms with E-state index in [9.17, 15) is 14.4 Å². The molecule has 8 heteroatoms. The van der Waals surface area contributed by atoms with Crippen LogP contribution in [0.1, 0.15) is 47.0 Å². The number of amides is 2. The van der Waals surface area contributed by atoms with Gasteiger partial charge in [-0.05, 0) is 49.8 Å². The highest BCUT2D eigenvalue weighted by atomic mass is 28.3. The maximum absolute atomic E-state index is 13.0. The molecule has 2 fully saturated rings. The Balaban J connectivity index is 2.04. The van der Waals surface area contributed by atoms with E-state index >= 15 is 0 Å². The van der Waals surface area contributed by atoms with Crippen LogP contribution >= 0.6 is 0 Å². The predicted molar refractivity (Wildman–Crippen MR) is 126 cm³/mol. The van der Waals surface area contributed by atoms with E-state index < -0.39 is 9.04 Å². The summed E-state index contributed by atoms with van der Waals surface area (Å²) in [5, 5.41) is 2.93. The van der Waals surface area contributed by atoms with Crippen molar-refractivity contribution in [1.29, 1.82) is 0 Å². The van der Waals surface area contributed by atoms with Crippen molar-refractivity contribution >= 4 is 26.8 Å². The van der Waals surface area contributed by atoms with E-state index in [1.165, 1.54) is 6.08 Å². The molecule has 2 aliphatic rings. The summed E-state index contributed by atoms with van der Waals surface area (Å²) in [6.07, 6.45) is 4.96. The van der Waals surface area contributed by atoms with Gasteiger partial charge < -0.3 is 19.4 Å². The SMILES string of the molecule is C=CCOC(=O)N1CCC[C@H]1/C=C(\C)C(=O)C[C@H]1NC(=O)[C@H]1[C@@H](CO[Si](C)C)C(C)(C)C. The number of hydrogen-bond donors (Lipinski definition) is 1. The number of β-lactam (4-membered cyclic amide) rings is 1. The molecule has 0 saturated carbocycles. The minimum absolute atomic E-state index is 0.000804. The van der Waals surface area contributed by atoms with E-state index in [2.05, 4.69) is 45.8 Å². The number of Topliss-reactive ketones (excluding diaryl/α,β-unsaturated/α-hetero) is 1. The highest BCUT2D eigenvalue weighted by Crippen LogP contribution is 2.39. The Morgan fingerprint density at radius 3 is 2.59 bits per heavy atom. The number of nitrogens with one attached hydrogen (secondary N) is 1. The fraction of sp³-hybridized carbons (Fsp3) is 0.708. The topological polar surface area (TPSA) is 84.9 Å². The van der Waals surface area contributed by atoms with Crippen LogP contribution in [0.25, 0.3) is 0 Å². The van der Waals surface area contributed by atoms with Crippen LogP contribution in [0.3, 0.4) is 0 Å². The normalized spacial score (nSPS) is 24.7. The van der Waals surface area contributed by atoms with E-state index in [0.29, 0.717) is 18.7 Å². The quantitative estimate of drug-likeness (QED) is 0.231. The summed E-state index contributed by atoms with van der Waals surface area (Å²) in [6.45, 7) is 17.2. The molecule has 1 N–H and O–H groups in total. The summed E-state index contributed by atoms with van der Waals surface area (Å²) in [5.74, 6) is -0.190. The average Bonchev–Trinajstić information content (AvgIpc) is 3.15. The first-order chi connectivity index (χ1) is 15.0. The average molecular weight is 464 g/mol. The number of carbonyl (C=O) groups excluding carboxylic acids is 3. The first kappa shape index (κ1) is 26.3. The van der Waals surface area contributed by atoms with Gasteiger partial charge in [0.1, 0.15) is 6.61 Å². The zero-order valence-electron chi connectivity index (χ0n) is 20.4. The van der Waals surface area contributed by atoms with Gasteiger partial charge in [-0.2, -0.15) is 0 Å². The first-order valence-electron chi connectivity index (χ1n) is 11.4. The number of nitrogens with zero attached hydrogens (tertiary/aromatic N) is 1. The molecule has 2 rings (SSSR count). The van der Waals surface area contributed by atoms with Crippen LogP contribution in [0.15, 0.2) is 24.3 Å². The lowest BCUT2D eigenvalue weighted by Crippen LogP contribution is -2.63. The third kappa shape index (κ3) is 6.78. The van der Waals surface area contributed by atoms with Gasteiger partial charge in [0, 0.05) is 25.6 Å². The molecule has 2 amide bonds. The van der Waals surface area contributed by atoms with Gasteiger partial charge in [-0.3, -0.25) is 9.59 Å². The molecule has 2 aliphatic heterocycles. The van der Waals surface area contributed by atoms with Crippen LogP contribution in [0.5, 0.6) is 0 Å². The molecule has 4 atom stereocenters. The summed E-state index contributed by atoms with van der Waals surface area (Å²) in [6, 6.07) is -0.332. The first-order valence-corrected chi connectivity index (χ1v) is 13.9. The second kappa shape index (κ2) is 11.3. The van der Waals surface area contributed by atoms with Crippen LogP contribution in [-0.2, 0) is 18.8 Å². The fourth-order valence-electron chi connectivity index (χ4n) is 4.39. The summed E-state index contributed by atoms with van der Waals surface area (Å²) >= 11 is 0. The summed E-state index contributed by atoms with van der Waals surface area (Å²) < 4.78 is 11.1. The highest BCUT2D eigenvalue weighted by molar-refractivity contribution is 6.48. The van der Waals surface area contributed by atoms with Crippen LogP contribution in [0.4, 0.5) is 4.79 Å². The van der Waals surface area contributed by atoms with Gasteiger partial charge in [-0.15, -0.1) is 0 Å². The zero-order chi connectivity index (χ0) is 24.1. The van der Waals surface area contributed by atoms with E-state index in [1.807, 2.05) is 6.08 Å². The van der Waals surface area contributed by atoms with Crippen molar-refractivity contribution in [3.05, 3.63) is 24.3 Å². The van der Waals surface area contributed by atoms with Crippen molar-refractivity contribution in [2.75, 3.05) is 19.8 Å². The van der Waals surface area contributed by atoms with Crippen LogP contribution < -0.4 is 5.32 Å². The van der Waals surface area contributed by atoms with Crippen molar-refractivity contribution < 1.29 is 23.5 Å². The second-order valence-corrected chi connectivity index (χ2v) is 12.2. The standard InChI is InChI=1S/C24H39N2O5Si/c1-8-12-30-23(29)26-11-9-10-17(26)13-16(2)20(27)14-19-21(22(28)25-19)18(24(3,4)5)15-31-32(6)7/h8,13,17-19,21H,1,9-12,14-15H2,2-7H3,(H,25,28)/b16-13+/t17-,18+,19+,21-/m0/s1. The van der Waals surface area contributed by atoms with Crippen molar-refractivity contribution in [3.63, 3.8) is 0 Å². The molecule has 0 aromatic rings. The molecule has 32 heavy (non-hydrogen) atoms. The van der Waals surface area contributed by atoms with Crippen molar-refractivity contribution in [3.8, 4) is 0 Å². The maximum atomic E-state index is 13.0. The van der Waals surface area contributed by atoms with Gasteiger partial charge in [0.15, 0.2) is 5.78 Å². The minimum atomic E-state index is -0.864. The number of ether oxygens (including phenoxy) is 1. The third-order valence-electron chi connectivity index (χ3n) is 6.31. The smallest absolute Gasteiger partial charge is 0.410 e. The van der Waals surface area contributed by atoms with Crippen molar-refractivity contribution in [1.82, 2.24) is 10.2 Å². The lowest BCUT2D eigenvalue weighted by atomic mass is 9.66. The van der Waals surface area contributed by atoms with E-state index in [4.69, 9.17) is 9.16 Å². The van der Waals surface area contributed by atoms with E-state index in [0.717, 1.165) is 12.8 Å². The van der Waals surface area contributed by atoms with Gasteiger partial charge >= 0.3 is 6.09 Å². The number of rotatable bonds is 10. The zero-order valence-corrected chi connectivity index (χ0v) is 21.4. The summed E-state index contributed by atoms with van der Waals surface area (Å²) in [4.78, 5) is 39.3. The molecule has 0 spiro atoms. The van der Waals surface area contributed by atoms with Gasteiger partial charge in [0.05, 0.1) is 12.0 Å². The summed E-state index contributed by atoms with van der Waals surface area (Å²) in [7, 11) is -0.864. The Morgan fingerprint density at radius 2 is 2.03 bits per heavy atom. The fourth-order valence-corrected chi connectivity index (χ4v) is 4.91. The molecular formula is C24H39N2O5Si. The Hall–Kier alpha value is -1.93. The van der Waals surface area contributed by atoms with Crippen molar-refractivity contribution in [2.45, 2.75) is 72.1 Å². The van der Waals surface area contributed by atoms with Gasteiger partial charge in [0.25, 0.3) is 0 Å². The number of likely N-dealkylation sites (tertiary alicyclic amines) is 1. The molecular weight excluding hydrogens is 424 g/mol. The van der Waals surface area contributed by atoms with Crippen LogP contribution in [0.2, 0.25) is 13.1 Å². The molecule has 1 radical (unpaired) electrons. The number of carbonyl (C=O) groups is 3. The Morgan fingerprint density at radius 1 is 1.34 bits per heavy atom. The summed E-state index contributed by atoms with van der Waals surface area (Å²) in [5.41, 5.74) is 0.511. The second-order valence-electron chi connectivity index (χ2n) is 10.1. The largest absolute Gasteiger partial charge is 0.445 e. The maximum Gasteiger partial charge on any atom is 0.410 e. The lowest BCUT2D eigenvalue weighted by Gasteiger charge is -2.46. The highest BCUT2D eigenvalue weighted by Gasteiger charge is 2.49. The molecule has 2 saturated heterocycles. The molecule has 0 aliphatic carbocycles. The number of hydrogen-bond acceptors (Lipinski definition) is 5. The lowest BCUT2D eigenvalue weighted by molar-refractivity contribution is -0.143. The Labute approximate surface area is 194 Å². The third-order valence-corrected chi connectivity index (χ3v) is 7.05. The molecule has 179 valence electrons. The number of ketones is 1. The Bertz CT molecular complexity index is 743. The minimum Gasteiger partial charge on any atom is -0.445 e. The van der Waals surface area contributed by atoms with Gasteiger partial charge in [0.2, 0.25) is 14.9 Å². The molecule has 0 aromatic heterocycles. The number of allylic oxidation sites excluding steroid dienone is 1. The molecule has 0 bridgehead atoms. The Kier molecular flexibility index (Phi) is 9.27. The van der Waals surface area contributed by atoms with Crippen LogP contribution in [-0.4, -0.2) is 63.6 Å². The predicted octanol–water partition coefficient (Wildman–Crippen LogP) is 3.72. The van der Waals surface area contributed by atoms with Gasteiger partial charge in [-0.1, -0.05) is 39.5 Å². The van der Waals surface area contributed by atoms with Crippen LogP contribution in [0, 0.1) is 17.3 Å².